The summed E-state index contributed by atoms with van der Waals surface area (Å²) >= 11 is 5.25. The third-order valence-corrected chi connectivity index (χ3v) is 5.87. The molecule has 0 saturated carbocycles. The second-order valence-electron chi connectivity index (χ2n) is 6.18. The van der Waals surface area contributed by atoms with Crippen LogP contribution in [0.25, 0.3) is 0 Å². The van der Waals surface area contributed by atoms with Crippen molar-refractivity contribution in [2.24, 2.45) is 0 Å². The van der Waals surface area contributed by atoms with Crippen molar-refractivity contribution in [3.8, 4) is 0 Å². The summed E-state index contributed by atoms with van der Waals surface area (Å²) in [5.74, 6) is 1.48. The molecule has 5 heteroatoms. The number of hydrogen-bond acceptors (Lipinski definition) is 2. The SMILES string of the molecule is CC(C)c1ccc([C@@H]2SCCN2C(=O)Nc2cccc(Br)c2)cc1. The standard InChI is InChI=1S/C19H21BrN2OS/c1-13(2)14-6-8-15(9-7-14)18-22(10-11-24-18)19(23)21-17-5-3-4-16(20)12-17/h3-9,12-13,18H,10-11H2,1-2H3,(H,21,23)/t18-/m0/s1. The molecule has 1 saturated heterocycles. The van der Waals surface area contributed by atoms with Crippen LogP contribution in [0.4, 0.5) is 10.5 Å². The summed E-state index contributed by atoms with van der Waals surface area (Å²) in [5.41, 5.74) is 3.32. The summed E-state index contributed by atoms with van der Waals surface area (Å²) in [6, 6.07) is 16.3. The van der Waals surface area contributed by atoms with Crippen LogP contribution in [0.5, 0.6) is 0 Å². The first kappa shape index (κ1) is 17.4. The molecule has 3 nitrogen and oxygen atoms in total. The number of halogens is 1. The van der Waals surface area contributed by atoms with Crippen molar-refractivity contribution in [2.45, 2.75) is 25.1 Å². The zero-order valence-electron chi connectivity index (χ0n) is 13.8. The maximum atomic E-state index is 12.7. The van der Waals surface area contributed by atoms with Gasteiger partial charge in [-0.05, 0) is 35.2 Å². The minimum Gasteiger partial charge on any atom is -0.308 e. The van der Waals surface area contributed by atoms with E-state index in [1.807, 2.05) is 40.9 Å². The predicted molar refractivity (Wildman–Crippen MR) is 106 cm³/mol. The predicted octanol–water partition coefficient (Wildman–Crippen LogP) is 5.85. The number of nitrogens with one attached hydrogen (secondary N) is 1. The van der Waals surface area contributed by atoms with Crippen molar-refractivity contribution in [2.75, 3.05) is 17.6 Å². The Morgan fingerprint density at radius 3 is 2.67 bits per heavy atom. The Labute approximate surface area is 155 Å². The lowest BCUT2D eigenvalue weighted by Gasteiger charge is -2.25. The molecule has 0 aromatic heterocycles. The maximum Gasteiger partial charge on any atom is 0.323 e. The van der Waals surface area contributed by atoms with Crippen LogP contribution < -0.4 is 5.32 Å². The summed E-state index contributed by atoms with van der Waals surface area (Å²) in [6.45, 7) is 5.15. The van der Waals surface area contributed by atoms with Gasteiger partial charge in [-0.2, -0.15) is 0 Å². The van der Waals surface area contributed by atoms with Crippen LogP contribution in [0, 0.1) is 0 Å². The molecule has 2 aromatic rings. The van der Waals surface area contributed by atoms with E-state index in [4.69, 9.17) is 0 Å². The fraction of sp³-hybridized carbons (Fsp3) is 0.316. The van der Waals surface area contributed by atoms with Crippen molar-refractivity contribution in [3.63, 3.8) is 0 Å². The van der Waals surface area contributed by atoms with Crippen LogP contribution in [0.2, 0.25) is 0 Å². The van der Waals surface area contributed by atoms with Gasteiger partial charge in [-0.25, -0.2) is 4.79 Å². The Hall–Kier alpha value is -1.46. The zero-order valence-corrected chi connectivity index (χ0v) is 16.2. The Bertz CT molecular complexity index is 718. The molecule has 0 aliphatic carbocycles. The number of anilines is 1. The first-order valence-electron chi connectivity index (χ1n) is 8.09. The van der Waals surface area contributed by atoms with Crippen molar-refractivity contribution in [1.29, 1.82) is 0 Å². The second kappa shape index (κ2) is 7.62. The van der Waals surface area contributed by atoms with Crippen LogP contribution >= 0.6 is 27.7 Å². The van der Waals surface area contributed by atoms with Crippen LogP contribution in [0.1, 0.15) is 36.3 Å². The van der Waals surface area contributed by atoms with Gasteiger partial charge in [0.05, 0.1) is 0 Å². The fourth-order valence-corrected chi connectivity index (χ4v) is 4.42. The van der Waals surface area contributed by atoms with E-state index in [-0.39, 0.29) is 11.4 Å². The Morgan fingerprint density at radius 2 is 2.00 bits per heavy atom. The molecule has 0 spiro atoms. The van der Waals surface area contributed by atoms with Crippen molar-refractivity contribution in [1.82, 2.24) is 4.90 Å². The zero-order chi connectivity index (χ0) is 17.1. The van der Waals surface area contributed by atoms with Crippen LogP contribution in [0.15, 0.2) is 53.0 Å². The molecule has 0 radical (unpaired) electrons. The fourth-order valence-electron chi connectivity index (χ4n) is 2.76. The van der Waals surface area contributed by atoms with E-state index in [1.54, 1.807) is 0 Å². The number of nitrogens with zero attached hydrogens (tertiary/aromatic N) is 1. The minimum absolute atomic E-state index is 0.0453. The molecule has 2 amide bonds. The van der Waals surface area contributed by atoms with Crippen molar-refractivity contribution >= 4 is 39.4 Å². The first-order chi connectivity index (χ1) is 11.5. The number of rotatable bonds is 3. The number of carbonyl (C=O) groups excluding carboxylic acids is 1. The van der Waals surface area contributed by atoms with Gasteiger partial charge in [0.15, 0.2) is 0 Å². The molecule has 0 bridgehead atoms. The van der Waals surface area contributed by atoms with Crippen LogP contribution in [-0.4, -0.2) is 23.2 Å². The Balaban J connectivity index is 1.73. The quantitative estimate of drug-likeness (QED) is 0.695. The molecular formula is C19H21BrN2OS. The molecule has 3 rings (SSSR count). The highest BCUT2D eigenvalue weighted by Crippen LogP contribution is 2.38. The van der Waals surface area contributed by atoms with Crippen molar-refractivity contribution in [3.05, 3.63) is 64.1 Å². The Morgan fingerprint density at radius 1 is 1.25 bits per heavy atom. The smallest absolute Gasteiger partial charge is 0.308 e. The number of hydrogen-bond donors (Lipinski definition) is 1. The molecule has 126 valence electrons. The van der Waals surface area contributed by atoms with E-state index < -0.39 is 0 Å². The van der Waals surface area contributed by atoms with Gasteiger partial charge in [-0.3, -0.25) is 0 Å². The largest absolute Gasteiger partial charge is 0.323 e. The van der Waals surface area contributed by atoms with Gasteiger partial charge in [0, 0.05) is 22.5 Å². The molecule has 1 fully saturated rings. The van der Waals surface area contributed by atoms with E-state index in [0.717, 1.165) is 22.5 Å². The second-order valence-corrected chi connectivity index (χ2v) is 8.28. The molecule has 1 aliphatic rings. The number of urea groups is 1. The molecule has 1 heterocycles. The molecule has 0 unspecified atom stereocenters. The highest BCUT2D eigenvalue weighted by atomic mass is 79.9. The minimum atomic E-state index is -0.0453. The topological polar surface area (TPSA) is 32.3 Å². The maximum absolute atomic E-state index is 12.7. The van der Waals surface area contributed by atoms with Gasteiger partial charge >= 0.3 is 6.03 Å². The van der Waals surface area contributed by atoms with Gasteiger partial charge < -0.3 is 10.2 Å². The normalized spacial score (nSPS) is 17.3. The van der Waals surface area contributed by atoms with Gasteiger partial charge in [-0.15, -0.1) is 11.8 Å². The molecule has 1 aliphatic heterocycles. The van der Waals surface area contributed by atoms with Gasteiger partial charge in [0.25, 0.3) is 0 Å². The van der Waals surface area contributed by atoms with Gasteiger partial charge in [0.1, 0.15) is 5.37 Å². The lowest BCUT2D eigenvalue weighted by molar-refractivity contribution is 0.214. The summed E-state index contributed by atoms with van der Waals surface area (Å²) < 4.78 is 0.955. The summed E-state index contributed by atoms with van der Waals surface area (Å²) in [6.07, 6.45) is 0. The molecule has 1 atom stereocenters. The van der Waals surface area contributed by atoms with Crippen LogP contribution in [-0.2, 0) is 0 Å². The summed E-state index contributed by atoms with van der Waals surface area (Å²) in [5, 5.41) is 3.08. The van der Waals surface area contributed by atoms with E-state index in [0.29, 0.717) is 5.92 Å². The van der Waals surface area contributed by atoms with Crippen molar-refractivity contribution < 1.29 is 4.79 Å². The first-order valence-corrected chi connectivity index (χ1v) is 9.93. The van der Waals surface area contributed by atoms with Crippen LogP contribution in [0.3, 0.4) is 0 Å². The van der Waals surface area contributed by atoms with Gasteiger partial charge in [0.2, 0.25) is 0 Å². The summed E-state index contributed by atoms with van der Waals surface area (Å²) in [4.78, 5) is 14.6. The highest BCUT2D eigenvalue weighted by Gasteiger charge is 2.30. The van der Waals surface area contributed by atoms with E-state index in [2.05, 4.69) is 59.4 Å². The third-order valence-electron chi connectivity index (χ3n) is 4.12. The number of thioether (sulfide) groups is 1. The molecule has 1 N–H and O–H groups in total. The van der Waals surface area contributed by atoms with E-state index >= 15 is 0 Å². The molecule has 2 aromatic carbocycles. The van der Waals surface area contributed by atoms with E-state index in [9.17, 15) is 4.79 Å². The van der Waals surface area contributed by atoms with E-state index in [1.165, 1.54) is 11.1 Å². The summed E-state index contributed by atoms with van der Waals surface area (Å²) in [7, 11) is 0. The number of carbonyl (C=O) groups is 1. The highest BCUT2D eigenvalue weighted by molar-refractivity contribution is 9.10. The third kappa shape index (κ3) is 3.95. The average molecular weight is 405 g/mol. The average Bonchev–Trinajstić information content (AvgIpc) is 3.04. The Kier molecular flexibility index (Phi) is 5.51. The molecular weight excluding hydrogens is 384 g/mol. The molecule has 24 heavy (non-hydrogen) atoms. The van der Waals surface area contributed by atoms with Gasteiger partial charge in [-0.1, -0.05) is 60.1 Å². The lowest BCUT2D eigenvalue weighted by Crippen LogP contribution is -2.34. The lowest BCUT2D eigenvalue weighted by atomic mass is 10.0. The number of benzene rings is 2. The monoisotopic (exact) mass is 404 g/mol. The number of amides is 2.